The van der Waals surface area contributed by atoms with E-state index in [-0.39, 0.29) is 23.6 Å². The van der Waals surface area contributed by atoms with Crippen LogP contribution in [-0.2, 0) is 15.7 Å². The van der Waals surface area contributed by atoms with Crippen LogP contribution in [0.1, 0.15) is 24.1 Å². The average Bonchev–Trinajstić information content (AvgIpc) is 2.74. The summed E-state index contributed by atoms with van der Waals surface area (Å²) in [6, 6.07) is 7.93. The van der Waals surface area contributed by atoms with E-state index in [1.54, 1.807) is 6.92 Å². The van der Waals surface area contributed by atoms with Crippen molar-refractivity contribution in [3.8, 4) is 5.75 Å². The summed E-state index contributed by atoms with van der Waals surface area (Å²) in [6.45, 7) is 1.24. The van der Waals surface area contributed by atoms with Gasteiger partial charge < -0.3 is 14.8 Å². The second kappa shape index (κ2) is 9.29. The van der Waals surface area contributed by atoms with Crippen LogP contribution in [0.5, 0.6) is 5.75 Å². The normalized spacial score (nSPS) is 16.6. The molecule has 0 unspecified atom stereocenters. The second-order valence-corrected chi connectivity index (χ2v) is 6.89. The summed E-state index contributed by atoms with van der Waals surface area (Å²) < 4.78 is 63.4. The first-order valence-electron chi connectivity index (χ1n) is 9.61. The summed E-state index contributed by atoms with van der Waals surface area (Å²) in [6.07, 6.45) is -4.56. The Balaban J connectivity index is 2.02. The average molecular weight is 452 g/mol. The fourth-order valence-electron chi connectivity index (χ4n) is 3.23. The van der Waals surface area contributed by atoms with Crippen molar-refractivity contribution in [3.05, 3.63) is 76.7 Å². The van der Waals surface area contributed by atoms with E-state index in [4.69, 9.17) is 9.47 Å². The van der Waals surface area contributed by atoms with Crippen LogP contribution in [-0.4, -0.2) is 37.2 Å². The van der Waals surface area contributed by atoms with Crippen LogP contribution in [0.4, 0.5) is 22.4 Å². The van der Waals surface area contributed by atoms with E-state index in [1.807, 2.05) is 0 Å². The quantitative estimate of drug-likeness (QED) is 0.520. The van der Waals surface area contributed by atoms with Gasteiger partial charge in [0.1, 0.15) is 18.2 Å². The molecule has 170 valence electrons. The Morgan fingerprint density at radius 1 is 1.16 bits per heavy atom. The van der Waals surface area contributed by atoms with E-state index in [2.05, 4.69) is 5.32 Å². The maximum Gasteiger partial charge on any atom is 0.416 e. The predicted molar refractivity (Wildman–Crippen MR) is 106 cm³/mol. The molecule has 1 atom stereocenters. The third kappa shape index (κ3) is 5.01. The number of halogens is 4. The topological polar surface area (TPSA) is 67.9 Å². The number of rotatable bonds is 6. The maximum absolute atomic E-state index is 13.8. The largest absolute Gasteiger partial charge is 0.487 e. The number of urea groups is 1. The van der Waals surface area contributed by atoms with Gasteiger partial charge in [-0.2, -0.15) is 13.2 Å². The van der Waals surface area contributed by atoms with Gasteiger partial charge in [-0.15, -0.1) is 0 Å². The number of hydrogen-bond acceptors (Lipinski definition) is 4. The summed E-state index contributed by atoms with van der Waals surface area (Å²) >= 11 is 0. The number of nitrogens with one attached hydrogen (secondary N) is 1. The van der Waals surface area contributed by atoms with Gasteiger partial charge >= 0.3 is 18.2 Å². The standard InChI is InChI=1S/C22H20F4N2O4/c1-3-31-20(29)18-17(12-32-16-9-5-7-14(11-16)22(24,25)26)28(2)21(30)27-19(18)13-6-4-8-15(23)10-13/h4-11,19H,3,12H2,1-2H3,(H,27,30)/t19-/m0/s1. The lowest BCUT2D eigenvalue weighted by atomic mass is 9.94. The van der Waals surface area contributed by atoms with Crippen molar-refractivity contribution in [1.29, 1.82) is 0 Å². The van der Waals surface area contributed by atoms with Crippen LogP contribution in [0.15, 0.2) is 59.8 Å². The molecular formula is C22H20F4N2O4. The molecule has 1 N–H and O–H groups in total. The molecule has 10 heteroatoms. The van der Waals surface area contributed by atoms with Crippen LogP contribution in [0, 0.1) is 5.82 Å². The van der Waals surface area contributed by atoms with Crippen molar-refractivity contribution in [3.63, 3.8) is 0 Å². The highest BCUT2D eigenvalue weighted by molar-refractivity contribution is 5.95. The van der Waals surface area contributed by atoms with Crippen LogP contribution in [0.25, 0.3) is 0 Å². The molecule has 0 spiro atoms. The minimum absolute atomic E-state index is 0.00785. The number of amides is 2. The Morgan fingerprint density at radius 3 is 2.53 bits per heavy atom. The molecule has 0 bridgehead atoms. The smallest absolute Gasteiger partial charge is 0.416 e. The summed E-state index contributed by atoms with van der Waals surface area (Å²) in [4.78, 5) is 26.4. The highest BCUT2D eigenvalue weighted by Gasteiger charge is 2.37. The summed E-state index contributed by atoms with van der Waals surface area (Å²) in [7, 11) is 1.38. The molecule has 6 nitrogen and oxygen atoms in total. The van der Waals surface area contributed by atoms with Crippen LogP contribution in [0.3, 0.4) is 0 Å². The van der Waals surface area contributed by atoms with Crippen LogP contribution < -0.4 is 10.1 Å². The van der Waals surface area contributed by atoms with Gasteiger partial charge in [0, 0.05) is 7.05 Å². The first kappa shape index (κ1) is 23.1. The van der Waals surface area contributed by atoms with Gasteiger partial charge in [-0.3, -0.25) is 4.90 Å². The number of nitrogens with zero attached hydrogens (tertiary/aromatic N) is 1. The molecule has 2 aromatic rings. The van der Waals surface area contributed by atoms with Crippen molar-refractivity contribution in [2.24, 2.45) is 0 Å². The zero-order valence-electron chi connectivity index (χ0n) is 17.2. The van der Waals surface area contributed by atoms with E-state index in [0.29, 0.717) is 5.56 Å². The first-order chi connectivity index (χ1) is 15.1. The SMILES string of the molecule is CCOC(=O)C1=C(COc2cccc(C(F)(F)F)c2)N(C)C(=O)N[C@H]1c1cccc(F)c1. The van der Waals surface area contributed by atoms with Crippen molar-refractivity contribution >= 4 is 12.0 Å². The number of likely N-dealkylation sites (N-methyl/N-ethyl adjacent to an activating group) is 1. The molecule has 2 aromatic carbocycles. The molecule has 0 aliphatic carbocycles. The Hall–Kier alpha value is -3.56. The van der Waals surface area contributed by atoms with E-state index >= 15 is 0 Å². The number of carbonyl (C=O) groups is 2. The van der Waals surface area contributed by atoms with E-state index in [1.165, 1.54) is 43.4 Å². The molecule has 1 heterocycles. The molecular weight excluding hydrogens is 432 g/mol. The zero-order valence-corrected chi connectivity index (χ0v) is 17.2. The summed E-state index contributed by atoms with van der Waals surface area (Å²) in [5.74, 6) is -1.44. The molecule has 0 aromatic heterocycles. The highest BCUT2D eigenvalue weighted by atomic mass is 19.4. The first-order valence-corrected chi connectivity index (χ1v) is 9.61. The molecule has 2 amide bonds. The maximum atomic E-state index is 13.8. The molecule has 0 saturated heterocycles. The third-order valence-electron chi connectivity index (χ3n) is 4.79. The second-order valence-electron chi connectivity index (χ2n) is 6.89. The lowest BCUT2D eigenvalue weighted by molar-refractivity contribution is -0.139. The monoisotopic (exact) mass is 452 g/mol. The van der Waals surface area contributed by atoms with Crippen molar-refractivity contribution in [2.45, 2.75) is 19.1 Å². The molecule has 0 saturated carbocycles. The van der Waals surface area contributed by atoms with Crippen molar-refractivity contribution in [1.82, 2.24) is 10.2 Å². The molecule has 3 rings (SSSR count). The Bertz CT molecular complexity index is 1050. The minimum Gasteiger partial charge on any atom is -0.487 e. The van der Waals surface area contributed by atoms with Gasteiger partial charge in [0.25, 0.3) is 0 Å². The molecule has 0 fully saturated rings. The number of hydrogen-bond donors (Lipinski definition) is 1. The number of ether oxygens (including phenoxy) is 2. The van der Waals surface area contributed by atoms with Crippen LogP contribution >= 0.6 is 0 Å². The molecule has 32 heavy (non-hydrogen) atoms. The Labute approximate surface area is 181 Å². The Morgan fingerprint density at radius 2 is 1.88 bits per heavy atom. The molecule has 1 aliphatic rings. The Kier molecular flexibility index (Phi) is 6.71. The molecule has 1 aliphatic heterocycles. The van der Waals surface area contributed by atoms with E-state index in [0.717, 1.165) is 17.0 Å². The van der Waals surface area contributed by atoms with Gasteiger partial charge in [-0.1, -0.05) is 18.2 Å². The van der Waals surface area contributed by atoms with E-state index in [9.17, 15) is 27.2 Å². The zero-order chi connectivity index (χ0) is 23.5. The molecule has 0 radical (unpaired) electrons. The number of alkyl halides is 3. The number of carbonyl (C=O) groups excluding carboxylic acids is 2. The fourth-order valence-corrected chi connectivity index (χ4v) is 3.23. The summed E-state index contributed by atoms with van der Waals surface area (Å²) in [5.41, 5.74) is -0.529. The summed E-state index contributed by atoms with van der Waals surface area (Å²) in [5, 5.41) is 2.61. The van der Waals surface area contributed by atoms with Gasteiger partial charge in [-0.25, -0.2) is 14.0 Å². The predicted octanol–water partition coefficient (Wildman–Crippen LogP) is 4.44. The number of benzene rings is 2. The minimum atomic E-state index is -4.56. The highest BCUT2D eigenvalue weighted by Crippen LogP contribution is 2.33. The third-order valence-corrected chi connectivity index (χ3v) is 4.79. The number of esters is 1. The van der Waals surface area contributed by atoms with Gasteiger partial charge in [0.15, 0.2) is 0 Å². The van der Waals surface area contributed by atoms with Gasteiger partial charge in [0.05, 0.1) is 29.5 Å². The van der Waals surface area contributed by atoms with Crippen LogP contribution in [0.2, 0.25) is 0 Å². The van der Waals surface area contributed by atoms with Crippen molar-refractivity contribution in [2.75, 3.05) is 20.3 Å². The van der Waals surface area contributed by atoms with Gasteiger partial charge in [0.2, 0.25) is 0 Å². The lowest BCUT2D eigenvalue weighted by Gasteiger charge is -2.34. The van der Waals surface area contributed by atoms with Crippen molar-refractivity contribution < 1.29 is 36.6 Å². The fraction of sp³-hybridized carbons (Fsp3) is 0.273. The van der Waals surface area contributed by atoms with Gasteiger partial charge in [-0.05, 0) is 42.8 Å². The van der Waals surface area contributed by atoms with E-state index < -0.39 is 42.2 Å². The lowest BCUT2D eigenvalue weighted by Crippen LogP contribution is -2.48.